The molecule has 0 bridgehead atoms. The third-order valence-corrected chi connectivity index (χ3v) is 5.95. The molecule has 3 rings (SSSR count). The lowest BCUT2D eigenvalue weighted by atomic mass is 9.76. The molecule has 1 saturated heterocycles. The van der Waals surface area contributed by atoms with Gasteiger partial charge < -0.3 is 5.32 Å². The highest BCUT2D eigenvalue weighted by Gasteiger charge is 2.34. The van der Waals surface area contributed by atoms with Crippen molar-refractivity contribution in [2.75, 3.05) is 6.54 Å². The van der Waals surface area contributed by atoms with Crippen LogP contribution in [0, 0.1) is 0 Å². The summed E-state index contributed by atoms with van der Waals surface area (Å²) in [5, 5.41) is 7.10. The second-order valence-electron chi connectivity index (χ2n) is 5.88. The van der Waals surface area contributed by atoms with Crippen LogP contribution in [0.2, 0.25) is 0 Å². The molecule has 0 spiro atoms. The van der Waals surface area contributed by atoms with Gasteiger partial charge in [-0.3, -0.25) is 0 Å². The molecule has 2 aromatic rings. The van der Waals surface area contributed by atoms with Crippen molar-refractivity contribution in [2.24, 2.45) is 0 Å². The number of nitrogens with zero attached hydrogens (tertiary/aromatic N) is 1. The Kier molecular flexibility index (Phi) is 4.41. The second-order valence-corrected chi connectivity index (χ2v) is 6.74. The Morgan fingerprint density at radius 3 is 2.62 bits per heavy atom. The Balaban J connectivity index is 1.98. The summed E-state index contributed by atoms with van der Waals surface area (Å²) in [4.78, 5) is 5.04. The molecule has 0 radical (unpaired) electrons. The summed E-state index contributed by atoms with van der Waals surface area (Å²) in [6, 6.07) is 11.3. The number of benzene rings is 1. The van der Waals surface area contributed by atoms with E-state index in [-0.39, 0.29) is 5.41 Å². The minimum atomic E-state index is 0.0722. The fourth-order valence-electron chi connectivity index (χ4n) is 3.44. The lowest BCUT2D eigenvalue weighted by Gasteiger charge is -2.30. The van der Waals surface area contributed by atoms with Gasteiger partial charge in [0.25, 0.3) is 0 Å². The largest absolute Gasteiger partial charge is 0.309 e. The standard InChI is InChI=1S/C18H24N2S/c1-3-18(4-2,14-9-6-5-7-10-14)17-20-16(13-21-17)15-11-8-12-19-15/h5-7,9-10,13,15,19H,3-4,8,11-12H2,1-2H3/t15-/m0/s1. The van der Waals surface area contributed by atoms with Crippen LogP contribution in [0.1, 0.15) is 61.8 Å². The minimum Gasteiger partial charge on any atom is -0.309 e. The van der Waals surface area contributed by atoms with Crippen molar-refractivity contribution < 1.29 is 0 Å². The summed E-state index contributed by atoms with van der Waals surface area (Å²) < 4.78 is 0. The van der Waals surface area contributed by atoms with Crippen LogP contribution in [0.3, 0.4) is 0 Å². The normalized spacial score (nSPS) is 19.0. The van der Waals surface area contributed by atoms with E-state index in [4.69, 9.17) is 4.98 Å². The highest BCUT2D eigenvalue weighted by Crippen LogP contribution is 2.41. The van der Waals surface area contributed by atoms with Crippen molar-refractivity contribution in [1.29, 1.82) is 0 Å². The molecule has 1 aliphatic rings. The van der Waals surface area contributed by atoms with Gasteiger partial charge in [0.1, 0.15) is 5.01 Å². The summed E-state index contributed by atoms with van der Waals surface area (Å²) in [5.74, 6) is 0. The first-order chi connectivity index (χ1) is 10.3. The predicted octanol–water partition coefficient (Wildman–Crippen LogP) is 4.67. The van der Waals surface area contributed by atoms with Crippen molar-refractivity contribution in [2.45, 2.75) is 51.0 Å². The molecule has 0 unspecified atom stereocenters. The summed E-state index contributed by atoms with van der Waals surface area (Å²) in [6.07, 6.45) is 4.68. The minimum absolute atomic E-state index is 0.0722. The first kappa shape index (κ1) is 14.7. The smallest absolute Gasteiger partial charge is 0.103 e. The van der Waals surface area contributed by atoms with E-state index in [1.165, 1.54) is 29.1 Å². The second kappa shape index (κ2) is 6.29. The molecule has 1 aromatic heterocycles. The molecule has 3 heteroatoms. The molecular formula is C18H24N2S. The van der Waals surface area contributed by atoms with E-state index in [1.807, 2.05) is 11.3 Å². The van der Waals surface area contributed by atoms with Crippen molar-refractivity contribution >= 4 is 11.3 Å². The van der Waals surface area contributed by atoms with E-state index in [9.17, 15) is 0 Å². The van der Waals surface area contributed by atoms with Crippen LogP contribution in [-0.2, 0) is 5.41 Å². The lowest BCUT2D eigenvalue weighted by Crippen LogP contribution is -2.26. The van der Waals surface area contributed by atoms with Gasteiger partial charge in [0, 0.05) is 10.8 Å². The van der Waals surface area contributed by atoms with Gasteiger partial charge in [0.15, 0.2) is 0 Å². The number of nitrogens with one attached hydrogen (secondary N) is 1. The zero-order valence-corrected chi connectivity index (χ0v) is 13.7. The molecule has 2 nitrogen and oxygen atoms in total. The van der Waals surface area contributed by atoms with Gasteiger partial charge in [-0.1, -0.05) is 44.2 Å². The Hall–Kier alpha value is -1.19. The van der Waals surface area contributed by atoms with E-state index in [0.717, 1.165) is 19.4 Å². The first-order valence-corrected chi connectivity index (χ1v) is 8.93. The fraction of sp³-hybridized carbons (Fsp3) is 0.500. The van der Waals surface area contributed by atoms with Gasteiger partial charge in [-0.05, 0) is 37.8 Å². The van der Waals surface area contributed by atoms with Gasteiger partial charge in [0.2, 0.25) is 0 Å². The van der Waals surface area contributed by atoms with Gasteiger partial charge in [-0.15, -0.1) is 11.3 Å². The van der Waals surface area contributed by atoms with Crippen molar-refractivity contribution in [1.82, 2.24) is 10.3 Å². The van der Waals surface area contributed by atoms with Gasteiger partial charge >= 0.3 is 0 Å². The zero-order valence-electron chi connectivity index (χ0n) is 12.9. The summed E-state index contributed by atoms with van der Waals surface area (Å²) in [7, 11) is 0. The van der Waals surface area contributed by atoms with E-state index < -0.39 is 0 Å². The average molecular weight is 300 g/mol. The molecule has 21 heavy (non-hydrogen) atoms. The number of rotatable bonds is 5. The van der Waals surface area contributed by atoms with Crippen molar-refractivity contribution in [3.8, 4) is 0 Å². The number of hydrogen-bond acceptors (Lipinski definition) is 3. The Bertz CT molecular complexity index is 566. The molecule has 1 N–H and O–H groups in total. The zero-order chi connectivity index (χ0) is 14.7. The highest BCUT2D eigenvalue weighted by molar-refractivity contribution is 7.09. The highest BCUT2D eigenvalue weighted by atomic mass is 32.1. The molecule has 1 fully saturated rings. The van der Waals surface area contributed by atoms with Crippen molar-refractivity contribution in [3.05, 3.63) is 52.0 Å². The summed E-state index contributed by atoms with van der Waals surface area (Å²) >= 11 is 1.84. The first-order valence-electron chi connectivity index (χ1n) is 8.05. The van der Waals surface area contributed by atoms with Crippen LogP contribution in [0.15, 0.2) is 35.7 Å². The van der Waals surface area contributed by atoms with Crippen LogP contribution in [0.25, 0.3) is 0 Å². The quantitative estimate of drug-likeness (QED) is 0.867. The number of hydrogen-bond donors (Lipinski definition) is 1. The Morgan fingerprint density at radius 2 is 2.00 bits per heavy atom. The predicted molar refractivity (Wildman–Crippen MR) is 89.9 cm³/mol. The molecule has 0 amide bonds. The molecule has 112 valence electrons. The van der Waals surface area contributed by atoms with E-state index in [0.29, 0.717) is 6.04 Å². The third-order valence-electron chi connectivity index (χ3n) is 4.88. The molecular weight excluding hydrogens is 276 g/mol. The maximum Gasteiger partial charge on any atom is 0.103 e. The monoisotopic (exact) mass is 300 g/mol. The lowest BCUT2D eigenvalue weighted by molar-refractivity contribution is 0.472. The number of aromatic nitrogens is 1. The van der Waals surface area contributed by atoms with Gasteiger partial charge in [-0.25, -0.2) is 4.98 Å². The molecule has 1 aliphatic heterocycles. The summed E-state index contributed by atoms with van der Waals surface area (Å²) in [5.41, 5.74) is 2.72. The van der Waals surface area contributed by atoms with Crippen LogP contribution in [0.5, 0.6) is 0 Å². The van der Waals surface area contributed by atoms with Crippen LogP contribution >= 0.6 is 11.3 Å². The average Bonchev–Trinajstić information content (AvgIpc) is 3.22. The molecule has 0 aliphatic carbocycles. The maximum absolute atomic E-state index is 5.04. The van der Waals surface area contributed by atoms with E-state index in [2.05, 4.69) is 54.9 Å². The third kappa shape index (κ3) is 2.65. The SMILES string of the molecule is CCC(CC)(c1ccccc1)c1nc([C@@H]2CCCN2)cs1. The van der Waals surface area contributed by atoms with Crippen molar-refractivity contribution in [3.63, 3.8) is 0 Å². The summed E-state index contributed by atoms with van der Waals surface area (Å²) in [6.45, 7) is 5.69. The topological polar surface area (TPSA) is 24.9 Å². The van der Waals surface area contributed by atoms with E-state index in [1.54, 1.807) is 0 Å². The number of thiazole rings is 1. The molecule has 1 atom stereocenters. The maximum atomic E-state index is 5.04. The molecule has 1 aromatic carbocycles. The van der Waals surface area contributed by atoms with Crippen LogP contribution < -0.4 is 5.32 Å². The van der Waals surface area contributed by atoms with Gasteiger partial charge in [-0.2, -0.15) is 0 Å². The fourth-order valence-corrected chi connectivity index (χ4v) is 4.68. The Morgan fingerprint density at radius 1 is 1.24 bits per heavy atom. The molecule has 2 heterocycles. The Labute approximate surface area is 131 Å². The van der Waals surface area contributed by atoms with Gasteiger partial charge in [0.05, 0.1) is 11.7 Å². The molecule has 0 saturated carbocycles. The van der Waals surface area contributed by atoms with E-state index >= 15 is 0 Å². The van der Waals surface area contributed by atoms with Crippen LogP contribution in [-0.4, -0.2) is 11.5 Å². The van der Waals surface area contributed by atoms with Crippen LogP contribution in [0.4, 0.5) is 0 Å².